The van der Waals surface area contributed by atoms with Gasteiger partial charge in [0.2, 0.25) is 5.43 Å². The molecule has 8 nitrogen and oxygen atoms in total. The third-order valence-corrected chi connectivity index (χ3v) is 5.36. The summed E-state index contributed by atoms with van der Waals surface area (Å²) in [7, 11) is -4.00. The second-order valence-corrected chi connectivity index (χ2v) is 7.52. The number of fused-ring (bicyclic) bond motifs is 1. The first-order chi connectivity index (χ1) is 10.8. The van der Waals surface area contributed by atoms with Gasteiger partial charge in [-0.1, -0.05) is 11.6 Å². The largest absolute Gasteiger partial charge is 0.365 e. The molecule has 0 bridgehead atoms. The highest BCUT2D eigenvalue weighted by Gasteiger charge is 2.19. The van der Waals surface area contributed by atoms with E-state index in [-0.39, 0.29) is 15.1 Å². The number of sulfonamides is 1. The van der Waals surface area contributed by atoms with E-state index < -0.39 is 15.5 Å². The molecule has 0 unspecified atom stereocenters. The van der Waals surface area contributed by atoms with E-state index in [0.29, 0.717) is 16.4 Å². The van der Waals surface area contributed by atoms with Crippen molar-refractivity contribution in [1.29, 1.82) is 0 Å². The number of H-pyrrole nitrogens is 1. The van der Waals surface area contributed by atoms with E-state index >= 15 is 0 Å². The fourth-order valence-corrected chi connectivity index (χ4v) is 3.38. The zero-order chi connectivity index (χ0) is 16.8. The molecular formula is C12H9BrClN5O3S. The summed E-state index contributed by atoms with van der Waals surface area (Å²) in [6, 6.07) is 0. The number of aryl methyl sites for hydroxylation is 1. The molecule has 0 radical (unpaired) electrons. The van der Waals surface area contributed by atoms with Gasteiger partial charge in [0, 0.05) is 12.4 Å². The fourth-order valence-electron chi connectivity index (χ4n) is 1.88. The number of pyridine rings is 1. The Morgan fingerprint density at radius 1 is 1.39 bits per heavy atom. The maximum absolute atomic E-state index is 12.4. The van der Waals surface area contributed by atoms with Gasteiger partial charge in [-0.2, -0.15) is 5.10 Å². The Bertz CT molecular complexity index is 1080. The van der Waals surface area contributed by atoms with E-state index in [4.69, 9.17) is 11.6 Å². The van der Waals surface area contributed by atoms with Gasteiger partial charge in [-0.25, -0.2) is 17.9 Å². The molecule has 0 atom stereocenters. The molecule has 0 amide bonds. The van der Waals surface area contributed by atoms with E-state index in [9.17, 15) is 13.2 Å². The van der Waals surface area contributed by atoms with Crippen LogP contribution in [-0.2, 0) is 10.0 Å². The molecule has 2 N–H and O–H groups in total. The van der Waals surface area contributed by atoms with Crippen molar-refractivity contribution in [3.8, 4) is 0 Å². The van der Waals surface area contributed by atoms with Crippen LogP contribution in [0.3, 0.4) is 0 Å². The van der Waals surface area contributed by atoms with Crippen molar-refractivity contribution in [2.45, 2.75) is 11.8 Å². The molecule has 0 aliphatic heterocycles. The van der Waals surface area contributed by atoms with Crippen molar-refractivity contribution in [1.82, 2.24) is 19.6 Å². The van der Waals surface area contributed by atoms with Gasteiger partial charge in [0.25, 0.3) is 10.0 Å². The SMILES string of the molecule is Cc1nn2cc(S(=O)(=O)Nc3c[nH]cc(Br)c3=O)cnc2c1Cl. The monoisotopic (exact) mass is 417 g/mol. The van der Waals surface area contributed by atoms with Gasteiger partial charge in [0.05, 0.1) is 22.6 Å². The zero-order valence-electron chi connectivity index (χ0n) is 11.5. The highest BCUT2D eigenvalue weighted by Crippen LogP contribution is 2.21. The molecule has 0 saturated carbocycles. The quantitative estimate of drug-likeness (QED) is 0.675. The Morgan fingerprint density at radius 3 is 2.87 bits per heavy atom. The summed E-state index contributed by atoms with van der Waals surface area (Å²) >= 11 is 9.05. The Hall–Kier alpha value is -1.91. The molecular weight excluding hydrogens is 410 g/mol. The van der Waals surface area contributed by atoms with Crippen LogP contribution in [0.2, 0.25) is 5.02 Å². The van der Waals surface area contributed by atoms with Crippen molar-refractivity contribution in [3.05, 3.63) is 50.2 Å². The molecule has 3 aromatic rings. The van der Waals surface area contributed by atoms with Gasteiger partial charge in [0.1, 0.15) is 15.6 Å². The topological polar surface area (TPSA) is 109 Å². The number of rotatable bonds is 3. The second kappa shape index (κ2) is 5.62. The number of aromatic amines is 1. The van der Waals surface area contributed by atoms with Gasteiger partial charge in [-0.15, -0.1) is 0 Å². The van der Waals surface area contributed by atoms with E-state index in [1.807, 2.05) is 0 Å². The lowest BCUT2D eigenvalue weighted by molar-refractivity contribution is 0.599. The van der Waals surface area contributed by atoms with E-state index in [0.717, 1.165) is 6.20 Å². The van der Waals surface area contributed by atoms with Gasteiger partial charge in [-0.3, -0.25) is 9.52 Å². The molecule has 3 rings (SSSR count). The first-order valence-electron chi connectivity index (χ1n) is 6.19. The van der Waals surface area contributed by atoms with E-state index in [1.165, 1.54) is 23.1 Å². The summed E-state index contributed by atoms with van der Waals surface area (Å²) in [5.74, 6) is 0. The van der Waals surface area contributed by atoms with Crippen molar-refractivity contribution in [2.24, 2.45) is 0 Å². The molecule has 0 aliphatic rings. The maximum atomic E-state index is 12.4. The van der Waals surface area contributed by atoms with Crippen LogP contribution in [0, 0.1) is 6.92 Å². The van der Waals surface area contributed by atoms with Gasteiger partial charge in [0.15, 0.2) is 5.65 Å². The smallest absolute Gasteiger partial charge is 0.265 e. The van der Waals surface area contributed by atoms with Crippen LogP contribution >= 0.6 is 27.5 Å². The van der Waals surface area contributed by atoms with E-state index in [2.05, 4.69) is 35.7 Å². The predicted octanol–water partition coefficient (Wildman–Crippen LogP) is 1.94. The minimum Gasteiger partial charge on any atom is -0.365 e. The normalized spacial score (nSPS) is 11.8. The summed E-state index contributed by atoms with van der Waals surface area (Å²) < 4.78 is 28.5. The highest BCUT2D eigenvalue weighted by molar-refractivity contribution is 9.10. The second-order valence-electron chi connectivity index (χ2n) is 4.61. The Morgan fingerprint density at radius 2 is 2.13 bits per heavy atom. The lowest BCUT2D eigenvalue weighted by Crippen LogP contribution is -2.20. The predicted molar refractivity (Wildman–Crippen MR) is 88.3 cm³/mol. The van der Waals surface area contributed by atoms with Gasteiger partial charge < -0.3 is 4.98 Å². The van der Waals surface area contributed by atoms with Crippen LogP contribution in [0.4, 0.5) is 5.69 Å². The molecule has 23 heavy (non-hydrogen) atoms. The molecule has 3 aromatic heterocycles. The zero-order valence-corrected chi connectivity index (χ0v) is 14.7. The summed E-state index contributed by atoms with van der Waals surface area (Å²) in [4.78, 5) is 18.4. The molecule has 0 spiro atoms. The number of nitrogens with zero attached hydrogens (tertiary/aromatic N) is 3. The van der Waals surface area contributed by atoms with Crippen LogP contribution in [0.25, 0.3) is 5.65 Å². The minimum absolute atomic E-state index is 0.117. The van der Waals surface area contributed by atoms with Crippen molar-refractivity contribution in [2.75, 3.05) is 4.72 Å². The molecule has 11 heteroatoms. The first kappa shape index (κ1) is 16.0. The number of hydrogen-bond donors (Lipinski definition) is 2. The van der Waals surface area contributed by atoms with Crippen LogP contribution in [0.1, 0.15) is 5.69 Å². The summed E-state index contributed by atoms with van der Waals surface area (Å²) in [5.41, 5.74) is 0.280. The molecule has 120 valence electrons. The molecule has 3 heterocycles. The van der Waals surface area contributed by atoms with Crippen LogP contribution in [-0.4, -0.2) is 28.0 Å². The third-order valence-electron chi connectivity index (χ3n) is 3.01. The van der Waals surface area contributed by atoms with Crippen LogP contribution in [0.5, 0.6) is 0 Å². The van der Waals surface area contributed by atoms with Gasteiger partial charge in [-0.05, 0) is 22.9 Å². The number of anilines is 1. The average Bonchev–Trinajstić information content (AvgIpc) is 2.78. The first-order valence-corrected chi connectivity index (χ1v) is 8.85. The summed E-state index contributed by atoms with van der Waals surface area (Å²) in [6.45, 7) is 1.68. The lowest BCUT2D eigenvalue weighted by Gasteiger charge is -2.07. The number of halogens is 2. The Balaban J connectivity index is 2.06. The molecule has 0 aromatic carbocycles. The third kappa shape index (κ3) is 2.84. The lowest BCUT2D eigenvalue weighted by atomic mass is 10.4. The molecule has 0 aliphatic carbocycles. The highest BCUT2D eigenvalue weighted by atomic mass is 79.9. The van der Waals surface area contributed by atoms with Crippen molar-refractivity contribution in [3.63, 3.8) is 0 Å². The van der Waals surface area contributed by atoms with E-state index in [1.54, 1.807) is 6.92 Å². The average molecular weight is 419 g/mol. The van der Waals surface area contributed by atoms with Gasteiger partial charge >= 0.3 is 0 Å². The summed E-state index contributed by atoms with van der Waals surface area (Å²) in [6.07, 6.45) is 5.08. The van der Waals surface area contributed by atoms with Crippen molar-refractivity contribution < 1.29 is 8.42 Å². The summed E-state index contributed by atoms with van der Waals surface area (Å²) in [5, 5.41) is 4.43. The Kier molecular flexibility index (Phi) is 3.90. The Labute approximate surface area is 143 Å². The number of aromatic nitrogens is 4. The number of nitrogens with one attached hydrogen (secondary N) is 2. The fraction of sp³-hybridized carbons (Fsp3) is 0.0833. The van der Waals surface area contributed by atoms with Crippen molar-refractivity contribution >= 4 is 48.9 Å². The molecule has 0 fully saturated rings. The number of hydrogen-bond acceptors (Lipinski definition) is 5. The van der Waals surface area contributed by atoms with Crippen LogP contribution in [0.15, 0.2) is 39.0 Å². The molecule has 0 saturated heterocycles. The van der Waals surface area contributed by atoms with Crippen LogP contribution < -0.4 is 10.2 Å². The maximum Gasteiger partial charge on any atom is 0.265 e. The minimum atomic E-state index is -4.00. The standard InChI is InChI=1S/C12H9BrClN5O3S/c1-6-10(14)12-16-2-7(5-19(12)17-6)23(21,22)18-9-4-15-3-8(13)11(9)20/h2-5,18H,1H3,(H,15,20).